The van der Waals surface area contributed by atoms with Crippen LogP contribution >= 0.6 is 27.3 Å². The summed E-state index contributed by atoms with van der Waals surface area (Å²) in [6.45, 7) is 8.82. The molecule has 4 nitrogen and oxygen atoms in total. The Morgan fingerprint density at radius 1 is 1.05 bits per heavy atom. The molecule has 1 saturated heterocycles. The lowest BCUT2D eigenvalue weighted by Crippen LogP contribution is -2.47. The highest BCUT2D eigenvalue weighted by Gasteiger charge is 2.26. The summed E-state index contributed by atoms with van der Waals surface area (Å²) in [7, 11) is 0. The van der Waals surface area contributed by atoms with Crippen LogP contribution in [0.4, 0.5) is 0 Å². The van der Waals surface area contributed by atoms with E-state index in [0.29, 0.717) is 6.04 Å². The Morgan fingerprint density at radius 2 is 1.64 bits per heavy atom. The minimum absolute atomic E-state index is 0.270. The van der Waals surface area contributed by atoms with E-state index in [2.05, 4.69) is 66.4 Å². The fourth-order valence-corrected chi connectivity index (χ4v) is 3.89. The van der Waals surface area contributed by atoms with Crippen molar-refractivity contribution in [2.24, 2.45) is 0 Å². The third-order valence-electron chi connectivity index (χ3n) is 4.48. The summed E-state index contributed by atoms with van der Waals surface area (Å²) in [6, 6.07) is 3.01. The van der Waals surface area contributed by atoms with Gasteiger partial charge < -0.3 is 0 Å². The van der Waals surface area contributed by atoms with Gasteiger partial charge in [0.05, 0.1) is 10.5 Å². The van der Waals surface area contributed by atoms with Gasteiger partial charge in [-0.1, -0.05) is 0 Å². The van der Waals surface area contributed by atoms with Gasteiger partial charge in [0.2, 0.25) is 0 Å². The number of nitrogens with zero attached hydrogens (tertiary/aromatic N) is 4. The number of hydrogen-bond acceptors (Lipinski definition) is 5. The maximum absolute atomic E-state index is 4.44. The highest BCUT2D eigenvalue weighted by Crippen LogP contribution is 2.26. The number of piperazine rings is 1. The highest BCUT2D eigenvalue weighted by atomic mass is 79.9. The zero-order valence-electron chi connectivity index (χ0n) is 12.9. The first kappa shape index (κ1) is 16.1. The first-order valence-electron chi connectivity index (χ1n) is 7.63. The Morgan fingerprint density at radius 3 is 2.18 bits per heavy atom. The smallest absolute Gasteiger partial charge is 0.145 e. The molecule has 0 aliphatic carbocycles. The summed E-state index contributed by atoms with van der Waals surface area (Å²) >= 11 is 5.17. The van der Waals surface area contributed by atoms with Gasteiger partial charge >= 0.3 is 0 Å². The van der Waals surface area contributed by atoms with E-state index in [0.717, 1.165) is 36.5 Å². The summed E-state index contributed by atoms with van der Waals surface area (Å²) in [5.41, 5.74) is 1.43. The van der Waals surface area contributed by atoms with E-state index in [9.17, 15) is 0 Å². The number of thiophene rings is 1. The molecule has 3 rings (SSSR count). The van der Waals surface area contributed by atoms with Gasteiger partial charge in [0, 0.05) is 44.6 Å². The van der Waals surface area contributed by atoms with Crippen molar-refractivity contribution in [3.05, 3.63) is 45.1 Å². The lowest BCUT2D eigenvalue weighted by Gasteiger charge is -2.40. The zero-order valence-corrected chi connectivity index (χ0v) is 15.3. The quantitative estimate of drug-likeness (QED) is 0.808. The van der Waals surface area contributed by atoms with Crippen LogP contribution < -0.4 is 0 Å². The predicted molar refractivity (Wildman–Crippen MR) is 94.0 cm³/mol. The van der Waals surface area contributed by atoms with Crippen LogP contribution in [-0.4, -0.2) is 45.9 Å². The fourth-order valence-electron chi connectivity index (χ4n) is 2.94. The van der Waals surface area contributed by atoms with E-state index >= 15 is 0 Å². The maximum Gasteiger partial charge on any atom is 0.145 e. The van der Waals surface area contributed by atoms with Gasteiger partial charge in [-0.2, -0.15) is 11.3 Å². The van der Waals surface area contributed by atoms with Crippen molar-refractivity contribution in [3.8, 4) is 0 Å². The Kier molecular flexibility index (Phi) is 5.23. The molecule has 2 aromatic heterocycles. The molecule has 0 saturated carbocycles. The molecule has 0 aromatic carbocycles. The van der Waals surface area contributed by atoms with Crippen LogP contribution in [0.1, 0.15) is 37.3 Å². The van der Waals surface area contributed by atoms with Crippen LogP contribution in [0.3, 0.4) is 0 Å². The average molecular weight is 381 g/mol. The second-order valence-electron chi connectivity index (χ2n) is 5.74. The molecule has 2 atom stereocenters. The van der Waals surface area contributed by atoms with E-state index < -0.39 is 0 Å². The van der Waals surface area contributed by atoms with E-state index in [1.165, 1.54) is 5.56 Å². The summed E-state index contributed by atoms with van der Waals surface area (Å²) in [6.07, 6.45) is 3.65. The van der Waals surface area contributed by atoms with Crippen LogP contribution in [0.2, 0.25) is 0 Å². The molecule has 2 aromatic rings. The molecule has 1 aliphatic rings. The molecule has 3 heterocycles. The van der Waals surface area contributed by atoms with Crippen LogP contribution in [-0.2, 0) is 0 Å². The minimum Gasteiger partial charge on any atom is -0.294 e. The molecule has 0 N–H and O–H groups in total. The van der Waals surface area contributed by atoms with Crippen molar-refractivity contribution in [3.63, 3.8) is 0 Å². The van der Waals surface area contributed by atoms with Crippen LogP contribution in [0.5, 0.6) is 0 Å². The SMILES string of the molecule is C[C@H](c1ccsc1)N1CCN([C@H](C)c2ncc(Br)cn2)CC1. The molecular weight excluding hydrogens is 360 g/mol. The number of aromatic nitrogens is 2. The maximum atomic E-state index is 4.44. The lowest BCUT2D eigenvalue weighted by atomic mass is 10.1. The molecule has 118 valence electrons. The zero-order chi connectivity index (χ0) is 15.5. The van der Waals surface area contributed by atoms with Crippen molar-refractivity contribution in [2.45, 2.75) is 25.9 Å². The number of hydrogen-bond donors (Lipinski definition) is 0. The van der Waals surface area contributed by atoms with Gasteiger partial charge in [-0.25, -0.2) is 9.97 Å². The van der Waals surface area contributed by atoms with Gasteiger partial charge in [-0.3, -0.25) is 9.80 Å². The standard InChI is InChI=1S/C16H21BrN4S/c1-12(14-3-8-22-11-14)20-4-6-21(7-5-20)13(2)16-18-9-15(17)10-19-16/h3,8-13H,4-7H2,1-2H3/t12-,13-/m1/s1. The molecule has 6 heteroatoms. The van der Waals surface area contributed by atoms with Crippen LogP contribution in [0, 0.1) is 0 Å². The molecule has 0 amide bonds. The summed E-state index contributed by atoms with van der Waals surface area (Å²) in [4.78, 5) is 13.9. The van der Waals surface area contributed by atoms with Crippen LogP contribution in [0.25, 0.3) is 0 Å². The van der Waals surface area contributed by atoms with Crippen LogP contribution in [0.15, 0.2) is 33.7 Å². The minimum atomic E-state index is 0.270. The molecular formula is C16H21BrN4S. The van der Waals surface area contributed by atoms with Crippen molar-refractivity contribution in [1.29, 1.82) is 0 Å². The van der Waals surface area contributed by atoms with Crippen molar-refractivity contribution < 1.29 is 0 Å². The second-order valence-corrected chi connectivity index (χ2v) is 7.44. The Hall–Kier alpha value is -0.820. The van der Waals surface area contributed by atoms with E-state index in [-0.39, 0.29) is 6.04 Å². The molecule has 0 bridgehead atoms. The van der Waals surface area contributed by atoms with Gasteiger partial charge in [0.1, 0.15) is 5.82 Å². The first-order chi connectivity index (χ1) is 10.6. The average Bonchev–Trinajstić information content (AvgIpc) is 3.09. The first-order valence-corrected chi connectivity index (χ1v) is 9.36. The Labute approximate surface area is 144 Å². The monoisotopic (exact) mass is 380 g/mol. The van der Waals surface area contributed by atoms with Gasteiger partial charge in [0.15, 0.2) is 0 Å². The molecule has 0 spiro atoms. The van der Waals surface area contributed by atoms with Crippen molar-refractivity contribution in [2.75, 3.05) is 26.2 Å². The summed E-state index contributed by atoms with van der Waals surface area (Å²) in [5, 5.41) is 4.42. The van der Waals surface area contributed by atoms with Gasteiger partial charge in [0.25, 0.3) is 0 Å². The fraction of sp³-hybridized carbons (Fsp3) is 0.500. The van der Waals surface area contributed by atoms with Crippen molar-refractivity contribution in [1.82, 2.24) is 19.8 Å². The molecule has 1 aliphatic heterocycles. The normalized spacial score (nSPS) is 20.0. The third-order valence-corrected chi connectivity index (χ3v) is 5.59. The summed E-state index contributed by atoms with van der Waals surface area (Å²) in [5.74, 6) is 0.905. The van der Waals surface area contributed by atoms with Gasteiger partial charge in [-0.15, -0.1) is 0 Å². The summed E-state index contributed by atoms with van der Waals surface area (Å²) < 4.78 is 0.929. The number of halogens is 1. The Bertz CT molecular complexity index is 579. The largest absolute Gasteiger partial charge is 0.294 e. The third kappa shape index (κ3) is 3.56. The second kappa shape index (κ2) is 7.17. The lowest BCUT2D eigenvalue weighted by molar-refractivity contribution is 0.0759. The van der Waals surface area contributed by atoms with E-state index in [1.807, 2.05) is 12.4 Å². The molecule has 0 unspecified atom stereocenters. The molecule has 0 radical (unpaired) electrons. The highest BCUT2D eigenvalue weighted by molar-refractivity contribution is 9.10. The topological polar surface area (TPSA) is 32.3 Å². The van der Waals surface area contributed by atoms with E-state index in [1.54, 1.807) is 11.3 Å². The number of rotatable bonds is 4. The van der Waals surface area contributed by atoms with Crippen molar-refractivity contribution >= 4 is 27.3 Å². The van der Waals surface area contributed by atoms with Gasteiger partial charge in [-0.05, 0) is 52.2 Å². The Balaban J connectivity index is 1.58. The molecule has 22 heavy (non-hydrogen) atoms. The molecule has 1 fully saturated rings. The predicted octanol–water partition coefficient (Wildman–Crippen LogP) is 3.74. The van der Waals surface area contributed by atoms with E-state index in [4.69, 9.17) is 0 Å².